The standard InChI is InChI=1S/C23H22ClN3O5S/c1-30-20-12-16(4-7-19(20)32-13-21(28)27-8-10-31-11-9-27)22(29)26-23-25-18(14-33-23)15-2-5-17(24)6-3-15/h2-7,12,14H,8-11,13H2,1H3,(H,25,26,29). The normalized spacial score (nSPS) is 13.5. The van der Waals surface area contributed by atoms with Crippen molar-refractivity contribution in [2.24, 2.45) is 0 Å². The molecule has 1 aromatic heterocycles. The first kappa shape index (κ1) is 23.0. The average Bonchev–Trinajstić information content (AvgIpc) is 3.31. The Kier molecular flexibility index (Phi) is 7.43. The monoisotopic (exact) mass is 487 g/mol. The van der Waals surface area contributed by atoms with Gasteiger partial charge in [0.2, 0.25) is 0 Å². The molecule has 0 bridgehead atoms. The Labute approximate surface area is 200 Å². The van der Waals surface area contributed by atoms with E-state index in [-0.39, 0.29) is 18.4 Å². The smallest absolute Gasteiger partial charge is 0.260 e. The zero-order valence-electron chi connectivity index (χ0n) is 17.9. The molecule has 0 saturated carbocycles. The van der Waals surface area contributed by atoms with Crippen LogP contribution in [0.5, 0.6) is 11.5 Å². The maximum absolute atomic E-state index is 12.7. The second kappa shape index (κ2) is 10.7. The van der Waals surface area contributed by atoms with Gasteiger partial charge in [0.15, 0.2) is 23.2 Å². The highest BCUT2D eigenvalue weighted by molar-refractivity contribution is 7.14. The summed E-state index contributed by atoms with van der Waals surface area (Å²) >= 11 is 7.26. The Bertz CT molecular complexity index is 1130. The summed E-state index contributed by atoms with van der Waals surface area (Å²) in [6.45, 7) is 2.04. The molecule has 1 aliphatic rings. The molecule has 0 radical (unpaired) electrons. The first-order valence-corrected chi connectivity index (χ1v) is 11.5. The molecule has 1 N–H and O–H groups in total. The van der Waals surface area contributed by atoms with Gasteiger partial charge in [0, 0.05) is 34.6 Å². The lowest BCUT2D eigenvalue weighted by Crippen LogP contribution is -2.43. The molecular formula is C23H22ClN3O5S. The minimum Gasteiger partial charge on any atom is -0.493 e. The van der Waals surface area contributed by atoms with Gasteiger partial charge >= 0.3 is 0 Å². The quantitative estimate of drug-likeness (QED) is 0.542. The topological polar surface area (TPSA) is 90.0 Å². The van der Waals surface area contributed by atoms with E-state index in [9.17, 15) is 9.59 Å². The van der Waals surface area contributed by atoms with Gasteiger partial charge in [0.05, 0.1) is 26.0 Å². The number of hydrogen-bond acceptors (Lipinski definition) is 7. The highest BCUT2D eigenvalue weighted by Gasteiger charge is 2.19. The lowest BCUT2D eigenvalue weighted by molar-refractivity contribution is -0.137. The van der Waals surface area contributed by atoms with Crippen LogP contribution in [0, 0.1) is 0 Å². The van der Waals surface area contributed by atoms with E-state index in [2.05, 4.69) is 10.3 Å². The number of morpholine rings is 1. The molecule has 10 heteroatoms. The van der Waals surface area contributed by atoms with E-state index in [1.165, 1.54) is 18.4 Å². The molecule has 1 aliphatic heterocycles. The number of amides is 2. The highest BCUT2D eigenvalue weighted by atomic mass is 35.5. The minimum atomic E-state index is -0.332. The molecule has 33 heavy (non-hydrogen) atoms. The van der Waals surface area contributed by atoms with Crippen molar-refractivity contribution < 1.29 is 23.8 Å². The molecule has 1 saturated heterocycles. The second-order valence-electron chi connectivity index (χ2n) is 7.15. The van der Waals surface area contributed by atoms with Crippen molar-refractivity contribution in [3.8, 4) is 22.8 Å². The second-order valence-corrected chi connectivity index (χ2v) is 8.44. The molecule has 2 amide bonds. The number of benzene rings is 2. The summed E-state index contributed by atoms with van der Waals surface area (Å²) in [7, 11) is 1.48. The summed E-state index contributed by atoms with van der Waals surface area (Å²) in [5.74, 6) is 0.289. The first-order valence-electron chi connectivity index (χ1n) is 10.2. The van der Waals surface area contributed by atoms with Crippen molar-refractivity contribution in [2.45, 2.75) is 0 Å². The molecule has 172 valence electrons. The zero-order chi connectivity index (χ0) is 23.2. The maximum atomic E-state index is 12.7. The zero-order valence-corrected chi connectivity index (χ0v) is 19.4. The van der Waals surface area contributed by atoms with Crippen LogP contribution < -0.4 is 14.8 Å². The molecule has 0 spiro atoms. The number of carbonyl (C=O) groups is 2. The van der Waals surface area contributed by atoms with Crippen molar-refractivity contribution in [1.29, 1.82) is 0 Å². The fourth-order valence-corrected chi connectivity index (χ4v) is 4.07. The van der Waals surface area contributed by atoms with E-state index in [0.717, 1.165) is 11.3 Å². The summed E-state index contributed by atoms with van der Waals surface area (Å²) in [6, 6.07) is 12.1. The number of halogens is 1. The molecule has 0 atom stereocenters. The Morgan fingerprint density at radius 1 is 1.15 bits per heavy atom. The summed E-state index contributed by atoms with van der Waals surface area (Å²) in [5, 5.41) is 5.78. The third kappa shape index (κ3) is 5.81. The average molecular weight is 488 g/mol. The van der Waals surface area contributed by atoms with Gasteiger partial charge in [0.25, 0.3) is 11.8 Å². The number of thiazole rings is 1. The van der Waals surface area contributed by atoms with Crippen LogP contribution in [0.15, 0.2) is 47.8 Å². The summed E-state index contributed by atoms with van der Waals surface area (Å²) in [5.41, 5.74) is 2.03. The van der Waals surface area contributed by atoms with Gasteiger partial charge in [-0.3, -0.25) is 14.9 Å². The lowest BCUT2D eigenvalue weighted by atomic mass is 10.2. The summed E-state index contributed by atoms with van der Waals surface area (Å²) in [6.07, 6.45) is 0. The lowest BCUT2D eigenvalue weighted by Gasteiger charge is -2.26. The third-order valence-corrected chi connectivity index (χ3v) is 6.02. The molecule has 1 fully saturated rings. The fraction of sp³-hybridized carbons (Fsp3) is 0.261. The van der Waals surface area contributed by atoms with Crippen molar-refractivity contribution >= 4 is 39.9 Å². The molecule has 2 heterocycles. The Morgan fingerprint density at radius 2 is 1.91 bits per heavy atom. The molecule has 0 aliphatic carbocycles. The molecular weight excluding hydrogens is 466 g/mol. The maximum Gasteiger partial charge on any atom is 0.260 e. The Morgan fingerprint density at radius 3 is 2.64 bits per heavy atom. The van der Waals surface area contributed by atoms with Crippen molar-refractivity contribution in [2.75, 3.05) is 45.3 Å². The minimum absolute atomic E-state index is 0.117. The van der Waals surface area contributed by atoms with Crippen LogP contribution in [0.4, 0.5) is 5.13 Å². The molecule has 8 nitrogen and oxygen atoms in total. The largest absolute Gasteiger partial charge is 0.493 e. The molecule has 2 aromatic carbocycles. The number of aromatic nitrogens is 1. The van der Waals surface area contributed by atoms with E-state index in [1.807, 2.05) is 17.5 Å². The van der Waals surface area contributed by atoms with E-state index in [4.69, 9.17) is 25.8 Å². The van der Waals surface area contributed by atoms with Gasteiger partial charge in [-0.15, -0.1) is 11.3 Å². The summed E-state index contributed by atoms with van der Waals surface area (Å²) < 4.78 is 16.3. The van der Waals surface area contributed by atoms with E-state index in [1.54, 1.807) is 35.2 Å². The number of nitrogens with one attached hydrogen (secondary N) is 1. The van der Waals surface area contributed by atoms with Gasteiger partial charge < -0.3 is 19.1 Å². The van der Waals surface area contributed by atoms with Crippen molar-refractivity contribution in [3.05, 3.63) is 58.4 Å². The summed E-state index contributed by atoms with van der Waals surface area (Å²) in [4.78, 5) is 31.2. The number of rotatable bonds is 7. The Hall–Kier alpha value is -3.14. The molecule has 0 unspecified atom stereocenters. The van der Waals surface area contributed by atoms with Gasteiger partial charge in [-0.05, 0) is 30.3 Å². The first-order chi connectivity index (χ1) is 16.0. The van der Waals surface area contributed by atoms with Crippen molar-refractivity contribution in [3.63, 3.8) is 0 Å². The Balaban J connectivity index is 1.39. The molecule has 4 rings (SSSR count). The fourth-order valence-electron chi connectivity index (χ4n) is 3.23. The van der Waals surface area contributed by atoms with Gasteiger partial charge in [0.1, 0.15) is 0 Å². The number of carbonyl (C=O) groups excluding carboxylic acids is 2. The van der Waals surface area contributed by atoms with Gasteiger partial charge in [-0.1, -0.05) is 23.7 Å². The predicted octanol–water partition coefficient (Wildman–Crippen LogP) is 3.96. The SMILES string of the molecule is COc1cc(C(=O)Nc2nc(-c3ccc(Cl)cc3)cs2)ccc1OCC(=O)N1CCOCC1. The predicted molar refractivity (Wildman–Crippen MR) is 126 cm³/mol. The van der Waals surface area contributed by atoms with Crippen LogP contribution in [0.1, 0.15) is 10.4 Å². The van der Waals surface area contributed by atoms with Crippen LogP contribution in [0.2, 0.25) is 5.02 Å². The number of anilines is 1. The van der Waals surface area contributed by atoms with Crippen LogP contribution in [0.3, 0.4) is 0 Å². The van der Waals surface area contributed by atoms with Gasteiger partial charge in [-0.2, -0.15) is 0 Å². The number of nitrogens with zero attached hydrogens (tertiary/aromatic N) is 2. The third-order valence-electron chi connectivity index (χ3n) is 5.01. The van der Waals surface area contributed by atoms with E-state index < -0.39 is 0 Å². The van der Waals surface area contributed by atoms with E-state index >= 15 is 0 Å². The van der Waals surface area contributed by atoms with E-state index in [0.29, 0.717) is 53.5 Å². The molecule has 3 aromatic rings. The number of ether oxygens (including phenoxy) is 3. The van der Waals surface area contributed by atoms with Crippen LogP contribution in [-0.4, -0.2) is 61.7 Å². The van der Waals surface area contributed by atoms with Gasteiger partial charge in [-0.25, -0.2) is 4.98 Å². The number of methoxy groups -OCH3 is 1. The van der Waals surface area contributed by atoms with Crippen LogP contribution >= 0.6 is 22.9 Å². The highest BCUT2D eigenvalue weighted by Crippen LogP contribution is 2.30. The van der Waals surface area contributed by atoms with Crippen LogP contribution in [0.25, 0.3) is 11.3 Å². The number of hydrogen-bond donors (Lipinski definition) is 1. The van der Waals surface area contributed by atoms with Crippen LogP contribution in [-0.2, 0) is 9.53 Å². The van der Waals surface area contributed by atoms with Crippen molar-refractivity contribution in [1.82, 2.24) is 9.88 Å².